The van der Waals surface area contributed by atoms with Crippen molar-refractivity contribution in [1.29, 1.82) is 0 Å². The average molecular weight is 573 g/mol. The van der Waals surface area contributed by atoms with Crippen LogP contribution in [-0.2, 0) is 0 Å². The molecule has 3 aromatic heterocycles. The van der Waals surface area contributed by atoms with E-state index in [9.17, 15) is 14.0 Å². The summed E-state index contributed by atoms with van der Waals surface area (Å²) in [6.07, 6.45) is 4.09. The highest BCUT2D eigenvalue weighted by molar-refractivity contribution is 9.10. The topological polar surface area (TPSA) is 105 Å². The van der Waals surface area contributed by atoms with Crippen LogP contribution in [-0.4, -0.2) is 51.7 Å². The number of nitrogens with one attached hydrogen (secondary N) is 2. The number of ether oxygens (including phenoxy) is 1. The third-order valence-electron chi connectivity index (χ3n) is 5.51. The van der Waals surface area contributed by atoms with Crippen LogP contribution in [0, 0.1) is 12.7 Å². The zero-order chi connectivity index (χ0) is 26.9. The third kappa shape index (κ3) is 7.16. The van der Waals surface area contributed by atoms with Gasteiger partial charge in [-0.15, -0.1) is 5.10 Å². The maximum atomic E-state index is 12.4. The van der Waals surface area contributed by atoms with E-state index in [4.69, 9.17) is 4.74 Å². The van der Waals surface area contributed by atoms with E-state index in [0.29, 0.717) is 16.8 Å². The highest BCUT2D eigenvalue weighted by Gasteiger charge is 2.26. The van der Waals surface area contributed by atoms with E-state index in [2.05, 4.69) is 41.2 Å². The van der Waals surface area contributed by atoms with Gasteiger partial charge in [0.1, 0.15) is 22.9 Å². The molecule has 0 aliphatic carbocycles. The number of rotatable bonds is 4. The monoisotopic (exact) mass is 572 g/mol. The van der Waals surface area contributed by atoms with Gasteiger partial charge in [-0.05, 0) is 59.6 Å². The van der Waals surface area contributed by atoms with E-state index in [1.807, 2.05) is 37.4 Å². The van der Waals surface area contributed by atoms with Gasteiger partial charge in [-0.1, -0.05) is 19.9 Å². The Kier molecular flexibility index (Phi) is 9.78. The molecule has 37 heavy (non-hydrogen) atoms. The largest absolute Gasteiger partial charge is 0.497 e. The minimum Gasteiger partial charge on any atom is -0.497 e. The summed E-state index contributed by atoms with van der Waals surface area (Å²) in [4.78, 5) is 33.2. The van der Waals surface area contributed by atoms with Crippen molar-refractivity contribution in [2.24, 2.45) is 0 Å². The predicted molar refractivity (Wildman–Crippen MR) is 145 cm³/mol. The number of fused-ring (bicyclic) bond motifs is 1. The normalized spacial score (nSPS) is 14.3. The van der Waals surface area contributed by atoms with Crippen molar-refractivity contribution in [2.75, 3.05) is 25.1 Å². The number of imidazole rings is 1. The number of aryl methyl sites for hydroxylation is 1. The number of hydrogen-bond donors (Lipinski definition) is 2. The average Bonchev–Trinajstić information content (AvgIpc) is 3.53. The molecule has 11 heteroatoms. The van der Waals surface area contributed by atoms with Crippen LogP contribution in [0.2, 0.25) is 0 Å². The number of benzene rings is 1. The number of aromatic amines is 1. The maximum Gasteiger partial charge on any atom is 0.260 e. The van der Waals surface area contributed by atoms with Crippen LogP contribution in [0.4, 0.5) is 10.2 Å². The summed E-state index contributed by atoms with van der Waals surface area (Å²) < 4.78 is 19.5. The lowest BCUT2D eigenvalue weighted by atomic mass is 10.2. The second kappa shape index (κ2) is 13.0. The van der Waals surface area contributed by atoms with E-state index >= 15 is 0 Å². The number of hydrogen-bond acceptors (Lipinski definition) is 6. The van der Waals surface area contributed by atoms with Crippen molar-refractivity contribution in [3.05, 3.63) is 86.8 Å². The highest BCUT2D eigenvalue weighted by Crippen LogP contribution is 2.19. The van der Waals surface area contributed by atoms with Crippen molar-refractivity contribution in [2.45, 2.75) is 33.2 Å². The molecule has 0 unspecified atom stereocenters. The van der Waals surface area contributed by atoms with Crippen molar-refractivity contribution in [3.8, 4) is 5.75 Å². The highest BCUT2D eigenvalue weighted by atomic mass is 79.9. The first-order valence-electron chi connectivity index (χ1n) is 11.9. The lowest BCUT2D eigenvalue weighted by Gasteiger charge is -2.18. The lowest BCUT2D eigenvalue weighted by Crippen LogP contribution is -2.39. The molecule has 4 aromatic rings. The molecule has 5 rings (SSSR count). The molecular weight excluding hydrogens is 543 g/mol. The van der Waals surface area contributed by atoms with E-state index in [0.717, 1.165) is 30.1 Å². The predicted octanol–water partition coefficient (Wildman–Crippen LogP) is 4.36. The number of aromatic nitrogens is 4. The molecule has 196 valence electrons. The Morgan fingerprint density at radius 1 is 1.24 bits per heavy atom. The number of H-pyrrole nitrogens is 1. The summed E-state index contributed by atoms with van der Waals surface area (Å²) in [5.41, 5.74) is 1.48. The minimum absolute atomic E-state index is 0.0396. The van der Waals surface area contributed by atoms with Crippen molar-refractivity contribution < 1.29 is 13.9 Å². The Morgan fingerprint density at radius 2 is 2.03 bits per heavy atom. The lowest BCUT2D eigenvalue weighted by molar-refractivity contribution is 0.0938. The van der Waals surface area contributed by atoms with Gasteiger partial charge in [0.15, 0.2) is 5.65 Å². The summed E-state index contributed by atoms with van der Waals surface area (Å²) in [7, 11) is 1.51. The van der Waals surface area contributed by atoms with Crippen LogP contribution in [0.15, 0.2) is 64.1 Å². The number of carbonyl (C=O) groups excluding carboxylic acids is 1. The molecule has 0 bridgehead atoms. The number of carbonyl (C=O) groups is 1. The number of methoxy groups -OCH3 is 1. The number of halogens is 2. The van der Waals surface area contributed by atoms with E-state index in [1.165, 1.54) is 31.5 Å². The van der Waals surface area contributed by atoms with Gasteiger partial charge in [0, 0.05) is 35.9 Å². The summed E-state index contributed by atoms with van der Waals surface area (Å²) in [5, 5.41) is 7.56. The minimum atomic E-state index is -0.400. The summed E-state index contributed by atoms with van der Waals surface area (Å²) >= 11 is 3.27. The molecule has 1 amide bonds. The van der Waals surface area contributed by atoms with Gasteiger partial charge in [0.2, 0.25) is 0 Å². The first-order chi connectivity index (χ1) is 17.8. The van der Waals surface area contributed by atoms with Crippen molar-refractivity contribution in [3.63, 3.8) is 0 Å². The summed E-state index contributed by atoms with van der Waals surface area (Å²) in [6, 6.07) is 11.4. The number of anilines is 1. The Morgan fingerprint density at radius 3 is 2.73 bits per heavy atom. The second-order valence-electron chi connectivity index (χ2n) is 7.99. The number of amides is 1. The molecule has 2 N–H and O–H groups in total. The molecule has 1 fully saturated rings. The summed E-state index contributed by atoms with van der Waals surface area (Å²) in [6.45, 7) is 7.38. The Balaban J connectivity index is 0.000000291. The first-order valence-corrected chi connectivity index (χ1v) is 12.7. The molecule has 0 spiro atoms. The van der Waals surface area contributed by atoms with Crippen LogP contribution < -0.4 is 20.5 Å². The Labute approximate surface area is 222 Å². The fourth-order valence-electron chi connectivity index (χ4n) is 3.72. The molecular formula is C26H30BrFN6O3. The zero-order valence-corrected chi connectivity index (χ0v) is 22.8. The quantitative estimate of drug-likeness (QED) is 0.376. The molecule has 4 heterocycles. The molecule has 1 aromatic carbocycles. The Hall–Kier alpha value is -3.73. The van der Waals surface area contributed by atoms with Crippen molar-refractivity contribution >= 4 is 33.3 Å². The molecule has 0 saturated carbocycles. The van der Waals surface area contributed by atoms with Gasteiger partial charge >= 0.3 is 0 Å². The van der Waals surface area contributed by atoms with Crippen molar-refractivity contribution in [1.82, 2.24) is 24.9 Å². The van der Waals surface area contributed by atoms with E-state index < -0.39 is 5.56 Å². The number of pyridine rings is 1. The third-order valence-corrected chi connectivity index (χ3v) is 5.97. The molecule has 1 aliphatic heterocycles. The Bertz CT molecular complexity index is 1410. The van der Waals surface area contributed by atoms with Gasteiger partial charge in [-0.3, -0.25) is 9.59 Å². The molecule has 1 atom stereocenters. The van der Waals surface area contributed by atoms with Gasteiger partial charge < -0.3 is 19.9 Å². The van der Waals surface area contributed by atoms with Crippen LogP contribution in [0.5, 0.6) is 5.75 Å². The molecule has 1 saturated heterocycles. The van der Waals surface area contributed by atoms with Crippen LogP contribution in [0.1, 0.15) is 36.3 Å². The SMILES string of the molecule is CC.COc1cccc(F)c1.Cc1cnc2ccc(N3CC[C@H](NC(=O)c4cc(Br)c[nH]c4=O)C3)nn12. The van der Waals surface area contributed by atoms with Crippen LogP contribution >= 0.6 is 15.9 Å². The standard InChI is InChI=1S/C17H17BrN6O2.C7H7FO.C2H6/c1-10-7-19-14-2-3-15(22-24(10)14)23-5-4-12(9-23)21-17(26)13-6-11(18)8-20-16(13)25;1-9-7-4-2-3-6(8)5-7;1-2/h2-3,6-8,12H,4-5,9H2,1H3,(H,20,25)(H,21,26);2-5H,1H3;1-2H3/t12-;;/m0../s1. The molecule has 9 nitrogen and oxygen atoms in total. The van der Waals surface area contributed by atoms with Crippen LogP contribution in [0.25, 0.3) is 5.65 Å². The fourth-order valence-corrected chi connectivity index (χ4v) is 4.06. The smallest absolute Gasteiger partial charge is 0.260 e. The van der Waals surface area contributed by atoms with E-state index in [1.54, 1.807) is 18.3 Å². The summed E-state index contributed by atoms with van der Waals surface area (Å²) in [5.74, 6) is 0.758. The van der Waals surface area contributed by atoms with Gasteiger partial charge in [0.25, 0.3) is 11.5 Å². The first kappa shape index (κ1) is 27.9. The second-order valence-corrected chi connectivity index (χ2v) is 8.90. The van der Waals surface area contributed by atoms with Gasteiger partial charge in [0.05, 0.1) is 19.0 Å². The van der Waals surface area contributed by atoms with Gasteiger partial charge in [-0.2, -0.15) is 0 Å². The van der Waals surface area contributed by atoms with E-state index in [-0.39, 0.29) is 23.3 Å². The zero-order valence-electron chi connectivity index (χ0n) is 21.2. The molecule has 1 aliphatic rings. The molecule has 0 radical (unpaired) electrons. The fraction of sp³-hybridized carbons (Fsp3) is 0.308. The van der Waals surface area contributed by atoms with Crippen LogP contribution in [0.3, 0.4) is 0 Å². The maximum absolute atomic E-state index is 12.4. The van der Waals surface area contributed by atoms with Gasteiger partial charge in [-0.25, -0.2) is 13.9 Å². The number of nitrogens with zero attached hydrogens (tertiary/aromatic N) is 4.